The lowest BCUT2D eigenvalue weighted by molar-refractivity contribution is -0.385. The van der Waals surface area contributed by atoms with Crippen LogP contribution in [0, 0.1) is 17.0 Å². The third-order valence-corrected chi connectivity index (χ3v) is 6.05. The van der Waals surface area contributed by atoms with Crippen molar-refractivity contribution in [3.8, 4) is 0 Å². The number of carbonyl (C=O) groups excluding carboxylic acids is 1. The highest BCUT2D eigenvalue weighted by Crippen LogP contribution is 2.24. The molecule has 0 saturated carbocycles. The van der Waals surface area contributed by atoms with Gasteiger partial charge in [0.05, 0.1) is 16.4 Å². The highest BCUT2D eigenvalue weighted by Gasteiger charge is 2.19. The number of rotatable bonds is 9. The maximum absolute atomic E-state index is 12.5. The van der Waals surface area contributed by atoms with Crippen molar-refractivity contribution >= 4 is 21.6 Å². The number of nitro benzene ring substituents is 1. The molecule has 8 heteroatoms. The second-order valence-corrected chi connectivity index (χ2v) is 8.60. The van der Waals surface area contributed by atoms with E-state index in [0.717, 1.165) is 5.56 Å². The van der Waals surface area contributed by atoms with E-state index in [4.69, 9.17) is 4.18 Å². The fourth-order valence-corrected chi connectivity index (χ4v) is 3.99. The number of aryl methyl sites for hydroxylation is 2. The molecule has 0 fully saturated rings. The Balaban J connectivity index is 1.67. The van der Waals surface area contributed by atoms with Crippen LogP contribution >= 0.6 is 0 Å². The predicted octanol–water partition coefficient (Wildman–Crippen LogP) is 4.47. The van der Waals surface area contributed by atoms with E-state index in [-0.39, 0.29) is 41.4 Å². The van der Waals surface area contributed by atoms with Gasteiger partial charge < -0.3 is 0 Å². The van der Waals surface area contributed by atoms with Crippen LogP contribution in [-0.4, -0.2) is 25.7 Å². The summed E-state index contributed by atoms with van der Waals surface area (Å²) in [5, 5.41) is 11.5. The molecule has 0 heterocycles. The lowest BCUT2D eigenvalue weighted by atomic mass is 9.99. The summed E-state index contributed by atoms with van der Waals surface area (Å²) in [7, 11) is -3.89. The van der Waals surface area contributed by atoms with Crippen molar-refractivity contribution < 1.29 is 22.3 Å². The van der Waals surface area contributed by atoms with Crippen LogP contribution in [0.25, 0.3) is 0 Å². The monoisotopic (exact) mass is 439 g/mol. The molecule has 0 aliphatic carbocycles. The fourth-order valence-electron chi connectivity index (χ4n) is 3.05. The van der Waals surface area contributed by atoms with Crippen molar-refractivity contribution in [2.24, 2.45) is 0 Å². The molecule has 0 amide bonds. The Morgan fingerprint density at radius 2 is 1.65 bits per heavy atom. The van der Waals surface area contributed by atoms with E-state index >= 15 is 0 Å². The quantitative estimate of drug-likeness (QED) is 0.160. The fraction of sp³-hybridized carbons (Fsp3) is 0.174. The molecule has 0 N–H and O–H groups in total. The molecule has 3 rings (SSSR count). The van der Waals surface area contributed by atoms with Gasteiger partial charge in [0, 0.05) is 22.8 Å². The first-order valence-corrected chi connectivity index (χ1v) is 11.0. The second kappa shape index (κ2) is 9.63. The molecule has 0 unspecified atom stereocenters. The minimum atomic E-state index is -3.89. The number of hydrogen-bond donors (Lipinski definition) is 0. The predicted molar refractivity (Wildman–Crippen MR) is 116 cm³/mol. The Morgan fingerprint density at radius 1 is 0.968 bits per heavy atom. The highest BCUT2D eigenvalue weighted by atomic mass is 32.2. The number of hydrogen-bond acceptors (Lipinski definition) is 6. The van der Waals surface area contributed by atoms with Crippen molar-refractivity contribution in [3.63, 3.8) is 0 Å². The van der Waals surface area contributed by atoms with Gasteiger partial charge in [-0.25, -0.2) is 0 Å². The Kier molecular flexibility index (Phi) is 6.94. The van der Waals surface area contributed by atoms with E-state index in [1.165, 1.54) is 24.3 Å². The molecule has 7 nitrogen and oxygen atoms in total. The van der Waals surface area contributed by atoms with Crippen LogP contribution in [0.1, 0.15) is 33.5 Å². The van der Waals surface area contributed by atoms with Gasteiger partial charge in [-0.05, 0) is 31.9 Å². The van der Waals surface area contributed by atoms with Crippen molar-refractivity contribution in [3.05, 3.63) is 105 Å². The van der Waals surface area contributed by atoms with Gasteiger partial charge in [-0.2, -0.15) is 8.42 Å². The lowest BCUT2D eigenvalue weighted by Crippen LogP contribution is -2.09. The van der Waals surface area contributed by atoms with E-state index in [9.17, 15) is 23.3 Å². The summed E-state index contributed by atoms with van der Waals surface area (Å²) in [6.45, 7) is 1.74. The first kappa shape index (κ1) is 22.3. The van der Waals surface area contributed by atoms with Gasteiger partial charge >= 0.3 is 0 Å². The molecule has 0 aliphatic rings. The summed E-state index contributed by atoms with van der Waals surface area (Å²) in [6.07, 6.45) is 0.497. The standard InChI is InChI=1S/C23H21NO6S/c1-17-9-13-21(14-10-17)31(28,29)30-15-5-8-18-11-12-20(16-22(18)24(26)27)23(25)19-6-3-2-4-7-19/h2-4,6-7,9-14,16H,5,8,15H2,1H3. The van der Waals surface area contributed by atoms with Gasteiger partial charge in [0.2, 0.25) is 0 Å². The molecule has 0 saturated heterocycles. The Bertz CT molecular complexity index is 1190. The van der Waals surface area contributed by atoms with Crippen molar-refractivity contribution in [1.29, 1.82) is 0 Å². The van der Waals surface area contributed by atoms with Crippen LogP contribution in [0.2, 0.25) is 0 Å². The maximum atomic E-state index is 12.5. The molecule has 0 aliphatic heterocycles. The number of carbonyl (C=O) groups is 1. The summed E-state index contributed by atoms with van der Waals surface area (Å²) >= 11 is 0. The average molecular weight is 439 g/mol. The Morgan fingerprint density at radius 3 is 2.29 bits per heavy atom. The van der Waals surface area contributed by atoms with Crippen molar-refractivity contribution in [2.75, 3.05) is 6.61 Å². The molecule has 3 aromatic rings. The van der Waals surface area contributed by atoms with E-state index < -0.39 is 15.0 Å². The van der Waals surface area contributed by atoms with E-state index in [1.807, 2.05) is 6.92 Å². The Labute approximate surface area is 180 Å². The summed E-state index contributed by atoms with van der Waals surface area (Å²) in [5.74, 6) is -0.303. The zero-order chi connectivity index (χ0) is 22.4. The zero-order valence-corrected chi connectivity index (χ0v) is 17.7. The van der Waals surface area contributed by atoms with Crippen LogP contribution < -0.4 is 0 Å². The van der Waals surface area contributed by atoms with Crippen LogP contribution in [0.15, 0.2) is 77.7 Å². The van der Waals surface area contributed by atoms with Crippen LogP contribution in [0.3, 0.4) is 0 Å². The SMILES string of the molecule is Cc1ccc(S(=O)(=O)OCCCc2ccc(C(=O)c3ccccc3)cc2[N+](=O)[O-])cc1. The van der Waals surface area contributed by atoms with Gasteiger partial charge in [0.25, 0.3) is 15.8 Å². The van der Waals surface area contributed by atoms with E-state index in [2.05, 4.69) is 0 Å². The number of nitro groups is 1. The molecule has 0 atom stereocenters. The number of benzene rings is 3. The highest BCUT2D eigenvalue weighted by molar-refractivity contribution is 7.86. The number of ketones is 1. The largest absolute Gasteiger partial charge is 0.296 e. The summed E-state index contributed by atoms with van der Waals surface area (Å²) in [4.78, 5) is 23.6. The topological polar surface area (TPSA) is 104 Å². The third kappa shape index (κ3) is 5.62. The Hall–Kier alpha value is -3.36. The molecular weight excluding hydrogens is 418 g/mol. The number of nitrogens with zero attached hydrogens (tertiary/aromatic N) is 1. The smallest absolute Gasteiger partial charge is 0.289 e. The molecule has 0 aromatic heterocycles. The van der Waals surface area contributed by atoms with E-state index in [1.54, 1.807) is 48.5 Å². The first-order chi connectivity index (χ1) is 14.8. The molecule has 3 aromatic carbocycles. The van der Waals surface area contributed by atoms with Gasteiger partial charge in [-0.3, -0.25) is 19.1 Å². The normalized spacial score (nSPS) is 11.3. The van der Waals surface area contributed by atoms with Crippen molar-refractivity contribution in [1.82, 2.24) is 0 Å². The molecule has 0 bridgehead atoms. The zero-order valence-electron chi connectivity index (χ0n) is 16.9. The lowest BCUT2D eigenvalue weighted by Gasteiger charge is -2.08. The average Bonchev–Trinajstić information content (AvgIpc) is 2.77. The minimum Gasteiger partial charge on any atom is -0.289 e. The maximum Gasteiger partial charge on any atom is 0.296 e. The molecular formula is C23H21NO6S. The van der Waals surface area contributed by atoms with Crippen molar-refractivity contribution in [2.45, 2.75) is 24.7 Å². The van der Waals surface area contributed by atoms with Gasteiger partial charge in [-0.15, -0.1) is 0 Å². The van der Waals surface area contributed by atoms with Crippen LogP contribution in [-0.2, 0) is 20.7 Å². The first-order valence-electron chi connectivity index (χ1n) is 9.61. The van der Waals surface area contributed by atoms with Gasteiger partial charge in [0.15, 0.2) is 5.78 Å². The summed E-state index contributed by atoms with van der Waals surface area (Å²) in [5.41, 5.74) is 1.83. The summed E-state index contributed by atoms with van der Waals surface area (Å²) < 4.78 is 29.5. The third-order valence-electron chi connectivity index (χ3n) is 4.72. The minimum absolute atomic E-state index is 0.0628. The molecule has 0 spiro atoms. The van der Waals surface area contributed by atoms with Gasteiger partial charge in [0.1, 0.15) is 0 Å². The molecule has 0 radical (unpaired) electrons. The van der Waals surface area contributed by atoms with Crippen LogP contribution in [0.4, 0.5) is 5.69 Å². The summed E-state index contributed by atoms with van der Waals surface area (Å²) in [6, 6.07) is 19.2. The molecule has 160 valence electrons. The molecule has 31 heavy (non-hydrogen) atoms. The van der Waals surface area contributed by atoms with Crippen LogP contribution in [0.5, 0.6) is 0 Å². The van der Waals surface area contributed by atoms with E-state index in [0.29, 0.717) is 11.1 Å². The van der Waals surface area contributed by atoms with Gasteiger partial charge in [-0.1, -0.05) is 60.2 Å². The second-order valence-electron chi connectivity index (χ2n) is 6.99.